The molecular formula is C17H29NOS. The zero-order valence-corrected chi connectivity index (χ0v) is 13.9. The van der Waals surface area contributed by atoms with Crippen molar-refractivity contribution in [1.82, 2.24) is 5.32 Å². The minimum absolute atomic E-state index is 0.356. The maximum atomic E-state index is 10.1. The molecular weight excluding hydrogens is 266 g/mol. The maximum Gasteiger partial charge on any atom is 0.0922 e. The lowest BCUT2D eigenvalue weighted by Gasteiger charge is -2.39. The third-order valence-corrected chi connectivity index (χ3v) is 5.97. The molecule has 114 valence electrons. The third-order valence-electron chi connectivity index (χ3n) is 5.27. The van der Waals surface area contributed by atoms with Crippen molar-refractivity contribution < 1.29 is 5.11 Å². The Morgan fingerprint density at radius 3 is 2.60 bits per heavy atom. The van der Waals surface area contributed by atoms with Crippen LogP contribution in [0, 0.1) is 11.3 Å². The van der Waals surface area contributed by atoms with E-state index in [2.05, 4.69) is 26.1 Å². The normalized spacial score (nSPS) is 25.6. The molecule has 1 saturated carbocycles. The minimum Gasteiger partial charge on any atom is -0.387 e. The fourth-order valence-corrected chi connectivity index (χ4v) is 3.94. The molecule has 0 radical (unpaired) electrons. The lowest BCUT2D eigenvalue weighted by Crippen LogP contribution is -2.38. The number of aliphatic hydroxyl groups excluding tert-OH is 1. The van der Waals surface area contributed by atoms with Gasteiger partial charge in [-0.2, -0.15) is 11.3 Å². The van der Waals surface area contributed by atoms with Crippen LogP contribution in [0.5, 0.6) is 0 Å². The fraction of sp³-hybridized carbons (Fsp3) is 0.765. The molecule has 0 aliphatic heterocycles. The van der Waals surface area contributed by atoms with Crippen LogP contribution in [-0.2, 0) is 0 Å². The molecule has 1 aliphatic rings. The van der Waals surface area contributed by atoms with Gasteiger partial charge in [-0.15, -0.1) is 0 Å². The molecule has 0 amide bonds. The predicted molar refractivity (Wildman–Crippen MR) is 87.1 cm³/mol. The Bertz CT molecular complexity index is 380. The second-order valence-electron chi connectivity index (χ2n) is 6.87. The molecule has 0 bridgehead atoms. The van der Waals surface area contributed by atoms with Crippen molar-refractivity contribution in [2.24, 2.45) is 11.3 Å². The molecule has 1 aliphatic carbocycles. The van der Waals surface area contributed by atoms with Gasteiger partial charge in [-0.3, -0.25) is 0 Å². The first-order chi connectivity index (χ1) is 9.53. The number of nitrogens with one attached hydrogen (secondary N) is 1. The first-order valence-electron chi connectivity index (χ1n) is 7.96. The molecule has 2 nitrogen and oxygen atoms in total. The minimum atomic E-state index is -0.356. The van der Waals surface area contributed by atoms with Crippen LogP contribution >= 0.6 is 11.3 Å². The monoisotopic (exact) mass is 295 g/mol. The van der Waals surface area contributed by atoms with Gasteiger partial charge in [0.25, 0.3) is 0 Å². The number of hydrogen-bond acceptors (Lipinski definition) is 3. The number of thiophene rings is 1. The molecule has 1 atom stereocenters. The molecule has 0 saturated heterocycles. The summed E-state index contributed by atoms with van der Waals surface area (Å²) >= 11 is 1.65. The molecule has 0 aromatic carbocycles. The maximum absolute atomic E-state index is 10.1. The van der Waals surface area contributed by atoms with Crippen molar-refractivity contribution in [2.75, 3.05) is 6.54 Å². The van der Waals surface area contributed by atoms with Crippen molar-refractivity contribution in [2.45, 2.75) is 65.0 Å². The molecule has 20 heavy (non-hydrogen) atoms. The average Bonchev–Trinajstić information content (AvgIpc) is 2.99. The van der Waals surface area contributed by atoms with Gasteiger partial charge < -0.3 is 10.4 Å². The average molecular weight is 295 g/mol. The Morgan fingerprint density at radius 1 is 1.35 bits per heavy atom. The van der Waals surface area contributed by atoms with Gasteiger partial charge in [0.15, 0.2) is 0 Å². The summed E-state index contributed by atoms with van der Waals surface area (Å²) in [4.78, 5) is 0. The van der Waals surface area contributed by atoms with Crippen molar-refractivity contribution in [3.63, 3.8) is 0 Å². The lowest BCUT2D eigenvalue weighted by molar-refractivity contribution is 0.125. The van der Waals surface area contributed by atoms with Gasteiger partial charge in [0.05, 0.1) is 6.10 Å². The van der Waals surface area contributed by atoms with E-state index >= 15 is 0 Å². The quantitative estimate of drug-likeness (QED) is 0.817. The molecule has 2 N–H and O–H groups in total. The van der Waals surface area contributed by atoms with Crippen molar-refractivity contribution >= 4 is 11.3 Å². The van der Waals surface area contributed by atoms with Gasteiger partial charge in [0, 0.05) is 12.6 Å². The molecule has 3 heteroatoms. The van der Waals surface area contributed by atoms with Gasteiger partial charge in [-0.1, -0.05) is 27.2 Å². The second-order valence-corrected chi connectivity index (χ2v) is 7.65. The van der Waals surface area contributed by atoms with Crippen LogP contribution in [0.15, 0.2) is 16.8 Å². The topological polar surface area (TPSA) is 32.3 Å². The predicted octanol–water partition coefficient (Wildman–Crippen LogP) is 4.37. The Kier molecular flexibility index (Phi) is 5.65. The first kappa shape index (κ1) is 16.0. The van der Waals surface area contributed by atoms with Gasteiger partial charge in [0.2, 0.25) is 0 Å². The standard InChI is InChI=1S/C17H29NOS/c1-4-17(2,3)14-5-7-15(8-6-14)18-11-16(19)13-9-10-20-12-13/h9-10,12,14-16,18-19H,4-8,11H2,1-3H3. The molecule has 1 aromatic heterocycles. The Morgan fingerprint density at radius 2 is 2.05 bits per heavy atom. The SMILES string of the molecule is CCC(C)(C)C1CCC(NCC(O)c2ccsc2)CC1. The number of rotatable bonds is 6. The molecule has 1 heterocycles. The van der Waals surface area contributed by atoms with Crippen molar-refractivity contribution in [3.05, 3.63) is 22.4 Å². The summed E-state index contributed by atoms with van der Waals surface area (Å²) in [6, 6.07) is 2.60. The highest BCUT2D eigenvalue weighted by Crippen LogP contribution is 2.40. The van der Waals surface area contributed by atoms with Crippen molar-refractivity contribution in [1.29, 1.82) is 0 Å². The second kappa shape index (κ2) is 7.06. The first-order valence-corrected chi connectivity index (χ1v) is 8.90. The van der Waals surface area contributed by atoms with Crippen LogP contribution < -0.4 is 5.32 Å². The third kappa shape index (κ3) is 4.06. The molecule has 0 spiro atoms. The Balaban J connectivity index is 1.72. The van der Waals surface area contributed by atoms with Crippen LogP contribution in [0.4, 0.5) is 0 Å². The van der Waals surface area contributed by atoms with Gasteiger partial charge in [-0.25, -0.2) is 0 Å². The van der Waals surface area contributed by atoms with E-state index < -0.39 is 0 Å². The van der Waals surface area contributed by atoms with E-state index in [-0.39, 0.29) is 6.10 Å². The summed E-state index contributed by atoms with van der Waals surface area (Å²) in [6.07, 6.45) is 6.08. The Labute approximate surface area is 127 Å². The summed E-state index contributed by atoms with van der Waals surface area (Å²) in [6.45, 7) is 7.81. The van der Waals surface area contributed by atoms with E-state index in [4.69, 9.17) is 0 Å². The fourth-order valence-electron chi connectivity index (χ4n) is 3.23. The summed E-state index contributed by atoms with van der Waals surface area (Å²) in [5, 5.41) is 17.7. The van der Waals surface area contributed by atoms with E-state index in [0.717, 1.165) is 11.5 Å². The summed E-state index contributed by atoms with van der Waals surface area (Å²) in [5.74, 6) is 0.868. The zero-order chi connectivity index (χ0) is 14.6. The van der Waals surface area contributed by atoms with Crippen LogP contribution in [-0.4, -0.2) is 17.7 Å². The summed E-state index contributed by atoms with van der Waals surface area (Å²) < 4.78 is 0. The van der Waals surface area contributed by atoms with E-state index in [0.29, 0.717) is 18.0 Å². The van der Waals surface area contributed by atoms with Crippen molar-refractivity contribution in [3.8, 4) is 0 Å². The van der Waals surface area contributed by atoms with Gasteiger partial charge in [-0.05, 0) is 59.4 Å². The van der Waals surface area contributed by atoms with E-state index in [1.54, 1.807) is 11.3 Å². The summed E-state index contributed by atoms with van der Waals surface area (Å²) in [5.41, 5.74) is 1.53. The lowest BCUT2D eigenvalue weighted by atomic mass is 9.69. The highest BCUT2D eigenvalue weighted by Gasteiger charge is 2.31. The van der Waals surface area contributed by atoms with Gasteiger partial charge in [0.1, 0.15) is 0 Å². The van der Waals surface area contributed by atoms with Crippen LogP contribution in [0.3, 0.4) is 0 Å². The smallest absolute Gasteiger partial charge is 0.0922 e. The van der Waals surface area contributed by atoms with Crippen LogP contribution in [0.25, 0.3) is 0 Å². The Hall–Kier alpha value is -0.380. The number of hydrogen-bond donors (Lipinski definition) is 2. The molecule has 1 unspecified atom stereocenters. The van der Waals surface area contributed by atoms with Crippen LogP contribution in [0.1, 0.15) is 64.5 Å². The van der Waals surface area contributed by atoms with Crippen LogP contribution in [0.2, 0.25) is 0 Å². The summed E-state index contributed by atoms with van der Waals surface area (Å²) in [7, 11) is 0. The molecule has 1 aromatic rings. The molecule has 1 fully saturated rings. The molecule has 2 rings (SSSR count). The van der Waals surface area contributed by atoms with E-state index in [9.17, 15) is 5.11 Å². The van der Waals surface area contributed by atoms with Gasteiger partial charge >= 0.3 is 0 Å². The highest BCUT2D eigenvalue weighted by molar-refractivity contribution is 7.07. The largest absolute Gasteiger partial charge is 0.387 e. The van der Waals surface area contributed by atoms with E-state index in [1.165, 1.54) is 32.1 Å². The number of aliphatic hydroxyl groups is 1. The highest BCUT2D eigenvalue weighted by atomic mass is 32.1. The van der Waals surface area contributed by atoms with E-state index in [1.807, 2.05) is 16.8 Å². The zero-order valence-electron chi connectivity index (χ0n) is 13.1.